The maximum Gasteiger partial charge on any atom is 0.223 e. The van der Waals surface area contributed by atoms with Crippen molar-refractivity contribution < 1.29 is 4.39 Å². The summed E-state index contributed by atoms with van der Waals surface area (Å²) in [6.45, 7) is 2.68. The Morgan fingerprint density at radius 3 is 2.88 bits per heavy atom. The third-order valence-corrected chi connectivity index (χ3v) is 2.37. The molecule has 1 aromatic carbocycles. The molecule has 1 N–H and O–H groups in total. The molecule has 0 unspecified atom stereocenters. The molecule has 88 valence electrons. The van der Waals surface area contributed by atoms with E-state index in [0.29, 0.717) is 22.2 Å². The van der Waals surface area contributed by atoms with Crippen molar-refractivity contribution in [3.63, 3.8) is 0 Å². The largest absolute Gasteiger partial charge is 0.354 e. The molecule has 0 aliphatic heterocycles. The molecule has 2 rings (SSSR count). The van der Waals surface area contributed by atoms with Crippen LogP contribution in [0.1, 0.15) is 6.92 Å². The molecule has 1 heterocycles. The summed E-state index contributed by atoms with van der Waals surface area (Å²) in [4.78, 5) is 8.32. The lowest BCUT2D eigenvalue weighted by Crippen LogP contribution is -2.02. The Morgan fingerprint density at radius 1 is 1.35 bits per heavy atom. The lowest BCUT2D eigenvalue weighted by atomic mass is 10.1. The van der Waals surface area contributed by atoms with Gasteiger partial charge in [0, 0.05) is 23.3 Å². The first-order valence-corrected chi connectivity index (χ1v) is 5.60. The van der Waals surface area contributed by atoms with Crippen molar-refractivity contribution in [3.05, 3.63) is 41.3 Å². The molecule has 1 aromatic heterocycles. The van der Waals surface area contributed by atoms with Crippen molar-refractivity contribution >= 4 is 17.5 Å². The SMILES string of the molecule is CCNc1nccc(-c2cc(F)cc(Cl)c2)n1. The predicted octanol–water partition coefficient (Wildman–Crippen LogP) is 3.37. The summed E-state index contributed by atoms with van der Waals surface area (Å²) in [7, 11) is 0. The highest BCUT2D eigenvalue weighted by Crippen LogP contribution is 2.23. The quantitative estimate of drug-likeness (QED) is 0.909. The molecule has 0 atom stereocenters. The topological polar surface area (TPSA) is 37.8 Å². The van der Waals surface area contributed by atoms with E-state index >= 15 is 0 Å². The lowest BCUT2D eigenvalue weighted by molar-refractivity contribution is 0.628. The highest BCUT2D eigenvalue weighted by Gasteiger charge is 2.04. The normalized spacial score (nSPS) is 10.3. The summed E-state index contributed by atoms with van der Waals surface area (Å²) >= 11 is 5.80. The fourth-order valence-corrected chi connectivity index (χ4v) is 1.69. The fourth-order valence-electron chi connectivity index (χ4n) is 1.46. The van der Waals surface area contributed by atoms with Crippen LogP contribution in [0.5, 0.6) is 0 Å². The van der Waals surface area contributed by atoms with E-state index in [-0.39, 0.29) is 5.82 Å². The molecule has 0 spiro atoms. The van der Waals surface area contributed by atoms with Crippen LogP contribution in [-0.2, 0) is 0 Å². The first-order valence-electron chi connectivity index (χ1n) is 5.22. The average molecular weight is 252 g/mol. The van der Waals surface area contributed by atoms with Gasteiger partial charge in [-0.15, -0.1) is 0 Å². The number of aromatic nitrogens is 2. The summed E-state index contributed by atoms with van der Waals surface area (Å²) in [5.74, 6) is 0.140. The Hall–Kier alpha value is -1.68. The third-order valence-electron chi connectivity index (χ3n) is 2.15. The summed E-state index contributed by atoms with van der Waals surface area (Å²) in [6, 6.07) is 6.04. The third kappa shape index (κ3) is 2.91. The van der Waals surface area contributed by atoms with E-state index in [1.54, 1.807) is 18.3 Å². The standard InChI is InChI=1S/C12H11ClFN3/c1-2-15-12-16-4-3-11(17-12)8-5-9(13)7-10(14)6-8/h3-7H,2H2,1H3,(H,15,16,17). The maximum atomic E-state index is 13.2. The van der Waals surface area contributed by atoms with Gasteiger partial charge in [-0.25, -0.2) is 14.4 Å². The molecule has 0 amide bonds. The maximum absolute atomic E-state index is 13.2. The van der Waals surface area contributed by atoms with Crippen molar-refractivity contribution in [1.82, 2.24) is 9.97 Å². The van der Waals surface area contributed by atoms with Crippen LogP contribution in [0, 0.1) is 5.82 Å². The minimum atomic E-state index is -0.379. The Morgan fingerprint density at radius 2 is 2.18 bits per heavy atom. The molecular weight excluding hydrogens is 241 g/mol. The van der Waals surface area contributed by atoms with Crippen LogP contribution >= 0.6 is 11.6 Å². The van der Waals surface area contributed by atoms with Gasteiger partial charge in [0.1, 0.15) is 5.82 Å². The Kier molecular flexibility index (Phi) is 3.54. The first kappa shape index (κ1) is 11.8. The van der Waals surface area contributed by atoms with Crippen LogP contribution in [0.25, 0.3) is 11.3 Å². The number of nitrogens with zero attached hydrogens (tertiary/aromatic N) is 2. The molecule has 0 fully saturated rings. The number of nitrogens with one attached hydrogen (secondary N) is 1. The summed E-state index contributed by atoms with van der Waals surface area (Å²) in [5.41, 5.74) is 1.27. The van der Waals surface area contributed by atoms with Crippen molar-refractivity contribution in [3.8, 4) is 11.3 Å². The number of hydrogen-bond donors (Lipinski definition) is 1. The van der Waals surface area contributed by atoms with Gasteiger partial charge in [0.2, 0.25) is 5.95 Å². The number of hydrogen-bond acceptors (Lipinski definition) is 3. The molecule has 0 radical (unpaired) electrons. The second-order valence-electron chi connectivity index (χ2n) is 3.45. The highest BCUT2D eigenvalue weighted by atomic mass is 35.5. The molecule has 3 nitrogen and oxygen atoms in total. The van der Waals surface area contributed by atoms with E-state index in [1.807, 2.05) is 6.92 Å². The van der Waals surface area contributed by atoms with Gasteiger partial charge < -0.3 is 5.32 Å². The van der Waals surface area contributed by atoms with Crippen LogP contribution in [0.2, 0.25) is 5.02 Å². The molecule has 0 saturated carbocycles. The van der Waals surface area contributed by atoms with Gasteiger partial charge in [0.05, 0.1) is 5.69 Å². The van der Waals surface area contributed by atoms with Crippen molar-refractivity contribution in [2.75, 3.05) is 11.9 Å². The van der Waals surface area contributed by atoms with Crippen LogP contribution in [0.4, 0.5) is 10.3 Å². The smallest absolute Gasteiger partial charge is 0.223 e. The summed E-state index contributed by atoms with van der Waals surface area (Å²) in [5, 5.41) is 3.35. The van der Waals surface area contributed by atoms with Crippen molar-refractivity contribution in [2.45, 2.75) is 6.92 Å². The van der Waals surface area contributed by atoms with E-state index in [4.69, 9.17) is 11.6 Å². The zero-order valence-electron chi connectivity index (χ0n) is 9.24. The zero-order chi connectivity index (χ0) is 12.3. The van der Waals surface area contributed by atoms with Gasteiger partial charge in [-0.2, -0.15) is 0 Å². The number of rotatable bonds is 3. The van der Waals surface area contributed by atoms with Gasteiger partial charge in [0.15, 0.2) is 0 Å². The second kappa shape index (κ2) is 5.10. The summed E-state index contributed by atoms with van der Waals surface area (Å²) in [6.07, 6.45) is 1.62. The lowest BCUT2D eigenvalue weighted by Gasteiger charge is -2.05. The number of anilines is 1. The van der Waals surface area contributed by atoms with E-state index in [0.717, 1.165) is 6.54 Å². The molecule has 0 saturated heterocycles. The van der Waals surface area contributed by atoms with Crippen LogP contribution in [0.3, 0.4) is 0 Å². The minimum Gasteiger partial charge on any atom is -0.354 e. The van der Waals surface area contributed by atoms with Crippen LogP contribution in [0.15, 0.2) is 30.5 Å². The molecule has 17 heavy (non-hydrogen) atoms. The molecule has 5 heteroatoms. The molecule has 0 aliphatic rings. The number of halogens is 2. The van der Waals surface area contributed by atoms with Crippen LogP contribution < -0.4 is 5.32 Å². The zero-order valence-corrected chi connectivity index (χ0v) is 10.0. The first-order chi connectivity index (χ1) is 8.19. The fraction of sp³-hybridized carbons (Fsp3) is 0.167. The predicted molar refractivity (Wildman–Crippen MR) is 66.6 cm³/mol. The van der Waals surface area contributed by atoms with E-state index in [9.17, 15) is 4.39 Å². The average Bonchev–Trinajstić information content (AvgIpc) is 2.28. The van der Waals surface area contributed by atoms with Gasteiger partial charge in [0.25, 0.3) is 0 Å². The molecule has 0 aliphatic carbocycles. The van der Waals surface area contributed by atoms with Crippen molar-refractivity contribution in [1.29, 1.82) is 0 Å². The molecule has 0 bridgehead atoms. The second-order valence-corrected chi connectivity index (χ2v) is 3.89. The molecule has 2 aromatic rings. The Labute approximate surface area is 104 Å². The van der Waals surface area contributed by atoms with Gasteiger partial charge in [-0.3, -0.25) is 0 Å². The van der Waals surface area contributed by atoms with E-state index in [1.165, 1.54) is 12.1 Å². The van der Waals surface area contributed by atoms with Gasteiger partial charge in [-0.1, -0.05) is 11.6 Å². The van der Waals surface area contributed by atoms with E-state index < -0.39 is 0 Å². The van der Waals surface area contributed by atoms with E-state index in [2.05, 4.69) is 15.3 Å². The minimum absolute atomic E-state index is 0.351. The van der Waals surface area contributed by atoms with Crippen LogP contribution in [-0.4, -0.2) is 16.5 Å². The number of benzene rings is 1. The van der Waals surface area contributed by atoms with Gasteiger partial charge in [-0.05, 0) is 31.2 Å². The Balaban J connectivity index is 2.41. The van der Waals surface area contributed by atoms with Crippen molar-refractivity contribution in [2.24, 2.45) is 0 Å². The summed E-state index contributed by atoms with van der Waals surface area (Å²) < 4.78 is 13.2. The monoisotopic (exact) mass is 251 g/mol. The Bertz CT molecular complexity index is 511. The highest BCUT2D eigenvalue weighted by molar-refractivity contribution is 6.30. The van der Waals surface area contributed by atoms with Gasteiger partial charge >= 0.3 is 0 Å². The molecular formula is C12H11ClFN3.